The zero-order valence-electron chi connectivity index (χ0n) is 12.9. The van der Waals surface area contributed by atoms with Gasteiger partial charge in [0.05, 0.1) is 6.26 Å². The molecule has 0 aliphatic carbocycles. The van der Waals surface area contributed by atoms with E-state index in [0.717, 1.165) is 12.8 Å². The summed E-state index contributed by atoms with van der Waals surface area (Å²) in [5.41, 5.74) is 0. The number of nitrogens with one attached hydrogen (secondary N) is 2. The lowest BCUT2D eigenvalue weighted by atomic mass is 9.98. The van der Waals surface area contributed by atoms with E-state index in [4.69, 9.17) is 4.42 Å². The summed E-state index contributed by atoms with van der Waals surface area (Å²) in [7, 11) is 1.88. The highest BCUT2D eigenvalue weighted by Crippen LogP contribution is 2.29. The Morgan fingerprint density at radius 1 is 1.36 bits per heavy atom. The highest BCUT2D eigenvalue weighted by Gasteiger charge is 2.36. The van der Waals surface area contributed by atoms with Crippen LogP contribution in [0.1, 0.15) is 42.7 Å². The van der Waals surface area contributed by atoms with Crippen LogP contribution >= 0.6 is 0 Å². The molecule has 2 N–H and O–H groups in total. The molecule has 0 aromatic carbocycles. The molecule has 6 heteroatoms. The smallest absolute Gasteiger partial charge is 0.286 e. The van der Waals surface area contributed by atoms with E-state index in [-0.39, 0.29) is 17.6 Å². The fraction of sp³-hybridized carbons (Fsp3) is 0.625. The number of hydrogen-bond acceptors (Lipinski definition) is 4. The number of nitrogens with zero attached hydrogens (tertiary/aromatic N) is 1. The largest absolute Gasteiger partial charge is 0.459 e. The molecular formula is C16H23N3O3. The maximum absolute atomic E-state index is 12.3. The third-order valence-corrected chi connectivity index (χ3v) is 4.76. The van der Waals surface area contributed by atoms with Gasteiger partial charge in [0.15, 0.2) is 5.76 Å². The normalized spacial score (nSPS) is 26.7. The molecule has 2 bridgehead atoms. The van der Waals surface area contributed by atoms with E-state index in [1.807, 2.05) is 11.9 Å². The summed E-state index contributed by atoms with van der Waals surface area (Å²) in [5.74, 6) is 0.0853. The SMILES string of the molecule is CN(C(=O)CCNC(=O)c1ccco1)C1CC2CCC(C1)N2. The van der Waals surface area contributed by atoms with Crippen LogP contribution in [0.4, 0.5) is 0 Å². The number of hydrogen-bond donors (Lipinski definition) is 2. The molecule has 120 valence electrons. The Bertz CT molecular complexity index is 517. The van der Waals surface area contributed by atoms with Crippen LogP contribution in [0, 0.1) is 0 Å². The molecule has 0 spiro atoms. The number of carbonyl (C=O) groups excluding carboxylic acids is 2. The molecule has 6 nitrogen and oxygen atoms in total. The van der Waals surface area contributed by atoms with Gasteiger partial charge < -0.3 is 20.0 Å². The molecule has 3 rings (SSSR count). The number of amides is 2. The van der Waals surface area contributed by atoms with Crippen molar-refractivity contribution in [2.45, 2.75) is 50.2 Å². The van der Waals surface area contributed by atoms with Crippen molar-refractivity contribution in [3.8, 4) is 0 Å². The van der Waals surface area contributed by atoms with Crippen molar-refractivity contribution in [1.82, 2.24) is 15.5 Å². The molecule has 2 unspecified atom stereocenters. The second-order valence-electron chi connectivity index (χ2n) is 6.25. The van der Waals surface area contributed by atoms with Gasteiger partial charge in [0.1, 0.15) is 0 Å². The summed E-state index contributed by atoms with van der Waals surface area (Å²) < 4.78 is 5.01. The molecule has 2 amide bonds. The second-order valence-corrected chi connectivity index (χ2v) is 6.25. The van der Waals surface area contributed by atoms with E-state index in [0.29, 0.717) is 31.1 Å². The fourth-order valence-corrected chi connectivity index (χ4v) is 3.50. The number of carbonyl (C=O) groups is 2. The predicted octanol–water partition coefficient (Wildman–Crippen LogP) is 1.14. The second kappa shape index (κ2) is 6.52. The summed E-state index contributed by atoms with van der Waals surface area (Å²) in [5, 5.41) is 6.29. The summed E-state index contributed by atoms with van der Waals surface area (Å²) in [6, 6.07) is 4.73. The summed E-state index contributed by atoms with van der Waals surface area (Å²) in [4.78, 5) is 25.9. The molecule has 1 aromatic rings. The van der Waals surface area contributed by atoms with Gasteiger partial charge in [-0.05, 0) is 37.8 Å². The number of rotatable bonds is 5. The van der Waals surface area contributed by atoms with Gasteiger partial charge in [-0.15, -0.1) is 0 Å². The third-order valence-electron chi connectivity index (χ3n) is 4.76. The first-order chi connectivity index (χ1) is 10.6. The Morgan fingerprint density at radius 3 is 2.73 bits per heavy atom. The molecule has 0 saturated carbocycles. The summed E-state index contributed by atoms with van der Waals surface area (Å²) in [6.45, 7) is 0.334. The Hall–Kier alpha value is -1.82. The Labute approximate surface area is 130 Å². The molecule has 0 radical (unpaired) electrons. The highest BCUT2D eigenvalue weighted by atomic mass is 16.3. The minimum absolute atomic E-state index is 0.0889. The molecule has 2 fully saturated rings. The van der Waals surface area contributed by atoms with Crippen LogP contribution in [0.15, 0.2) is 22.8 Å². The summed E-state index contributed by atoms with van der Waals surface area (Å²) >= 11 is 0. The van der Waals surface area contributed by atoms with E-state index in [2.05, 4.69) is 10.6 Å². The monoisotopic (exact) mass is 305 g/mol. The van der Waals surface area contributed by atoms with Gasteiger partial charge in [0.2, 0.25) is 5.91 Å². The van der Waals surface area contributed by atoms with Gasteiger partial charge in [-0.3, -0.25) is 9.59 Å². The molecule has 2 aliphatic rings. The Morgan fingerprint density at radius 2 is 2.09 bits per heavy atom. The molecule has 2 saturated heterocycles. The number of piperidine rings is 1. The zero-order chi connectivity index (χ0) is 15.5. The lowest BCUT2D eigenvalue weighted by Gasteiger charge is -2.35. The van der Waals surface area contributed by atoms with Crippen LogP contribution < -0.4 is 10.6 Å². The first kappa shape index (κ1) is 15.1. The van der Waals surface area contributed by atoms with Gasteiger partial charge in [0, 0.05) is 38.1 Å². The first-order valence-corrected chi connectivity index (χ1v) is 7.97. The van der Waals surface area contributed by atoms with Gasteiger partial charge in [0.25, 0.3) is 5.91 Å². The molecule has 2 aliphatic heterocycles. The van der Waals surface area contributed by atoms with E-state index >= 15 is 0 Å². The van der Waals surface area contributed by atoms with Gasteiger partial charge in [-0.25, -0.2) is 0 Å². The summed E-state index contributed by atoms with van der Waals surface area (Å²) in [6.07, 6.45) is 6.31. The lowest BCUT2D eigenvalue weighted by Crippen LogP contribution is -2.49. The van der Waals surface area contributed by atoms with Crippen LogP contribution in [0.2, 0.25) is 0 Å². The first-order valence-electron chi connectivity index (χ1n) is 7.97. The van der Waals surface area contributed by atoms with Gasteiger partial charge in [-0.1, -0.05) is 0 Å². The van der Waals surface area contributed by atoms with Crippen molar-refractivity contribution in [2.75, 3.05) is 13.6 Å². The van der Waals surface area contributed by atoms with Crippen LogP contribution in [-0.2, 0) is 4.79 Å². The average molecular weight is 305 g/mol. The Kier molecular flexibility index (Phi) is 4.47. The average Bonchev–Trinajstić information content (AvgIpc) is 3.16. The van der Waals surface area contributed by atoms with Crippen molar-refractivity contribution < 1.29 is 14.0 Å². The van der Waals surface area contributed by atoms with Crippen molar-refractivity contribution in [3.05, 3.63) is 24.2 Å². The predicted molar refractivity (Wildman–Crippen MR) is 81.4 cm³/mol. The van der Waals surface area contributed by atoms with Crippen molar-refractivity contribution in [2.24, 2.45) is 0 Å². The number of furan rings is 1. The van der Waals surface area contributed by atoms with E-state index in [1.165, 1.54) is 19.1 Å². The van der Waals surface area contributed by atoms with Crippen LogP contribution in [0.5, 0.6) is 0 Å². The molecule has 2 atom stereocenters. The van der Waals surface area contributed by atoms with E-state index < -0.39 is 0 Å². The van der Waals surface area contributed by atoms with Gasteiger partial charge >= 0.3 is 0 Å². The van der Waals surface area contributed by atoms with Crippen molar-refractivity contribution in [3.63, 3.8) is 0 Å². The minimum Gasteiger partial charge on any atom is -0.459 e. The van der Waals surface area contributed by atoms with Crippen LogP contribution in [0.3, 0.4) is 0 Å². The molecule has 3 heterocycles. The lowest BCUT2D eigenvalue weighted by molar-refractivity contribution is -0.132. The van der Waals surface area contributed by atoms with Crippen LogP contribution in [-0.4, -0.2) is 48.4 Å². The quantitative estimate of drug-likeness (QED) is 0.855. The Balaban J connectivity index is 1.42. The molecular weight excluding hydrogens is 282 g/mol. The fourth-order valence-electron chi connectivity index (χ4n) is 3.50. The highest BCUT2D eigenvalue weighted by molar-refractivity contribution is 5.91. The molecule has 1 aromatic heterocycles. The van der Waals surface area contributed by atoms with Crippen molar-refractivity contribution >= 4 is 11.8 Å². The van der Waals surface area contributed by atoms with Crippen LogP contribution in [0.25, 0.3) is 0 Å². The standard InChI is InChI=1S/C16H23N3O3/c1-19(13-9-11-4-5-12(10-13)18-11)15(20)6-7-17-16(21)14-3-2-8-22-14/h2-3,8,11-13,18H,4-7,9-10H2,1H3,(H,17,21). The molecule has 22 heavy (non-hydrogen) atoms. The third kappa shape index (κ3) is 3.32. The maximum atomic E-state index is 12.3. The van der Waals surface area contributed by atoms with Crippen molar-refractivity contribution in [1.29, 1.82) is 0 Å². The zero-order valence-corrected chi connectivity index (χ0v) is 12.9. The minimum atomic E-state index is -0.277. The van der Waals surface area contributed by atoms with E-state index in [1.54, 1.807) is 12.1 Å². The van der Waals surface area contributed by atoms with E-state index in [9.17, 15) is 9.59 Å². The topological polar surface area (TPSA) is 74.6 Å². The number of fused-ring (bicyclic) bond motifs is 2. The van der Waals surface area contributed by atoms with Gasteiger partial charge in [-0.2, -0.15) is 0 Å². The maximum Gasteiger partial charge on any atom is 0.286 e.